The Morgan fingerprint density at radius 2 is 1.00 bits per heavy atom. The normalized spacial score (nSPS) is 11.2. The number of aromatic nitrogens is 4. The molecule has 272 valence electrons. The second kappa shape index (κ2) is 17.8. The molecule has 0 atom stereocenters. The largest absolute Gasteiger partial charge is 2.00 e. The number of carbonyl (C=O) groups is 2. The first-order valence-electron chi connectivity index (χ1n) is 16.2. The van der Waals surface area contributed by atoms with Crippen LogP contribution in [0.3, 0.4) is 0 Å². The fourth-order valence-electron chi connectivity index (χ4n) is 4.79. The van der Waals surface area contributed by atoms with E-state index in [1.165, 1.54) is 24.3 Å². The molecule has 53 heavy (non-hydrogen) atoms. The number of carbonyl (C=O) groups excluding carboxylic acids is 2. The van der Waals surface area contributed by atoms with Crippen LogP contribution in [-0.4, -0.2) is 44.1 Å². The van der Waals surface area contributed by atoms with Gasteiger partial charge in [0.15, 0.2) is 11.6 Å². The van der Waals surface area contributed by atoms with Gasteiger partial charge in [-0.15, -0.1) is 20.5 Å². The van der Waals surface area contributed by atoms with Gasteiger partial charge in [0, 0.05) is 12.4 Å². The van der Waals surface area contributed by atoms with Crippen molar-refractivity contribution in [2.75, 3.05) is 0 Å². The van der Waals surface area contributed by atoms with Crippen LogP contribution in [0.15, 0.2) is 106 Å². The van der Waals surface area contributed by atoms with Gasteiger partial charge in [-0.3, -0.25) is 0 Å². The second-order valence-electron chi connectivity index (χ2n) is 11.9. The molecule has 0 saturated carbocycles. The van der Waals surface area contributed by atoms with Crippen molar-refractivity contribution in [1.82, 2.24) is 19.9 Å². The van der Waals surface area contributed by atoms with Crippen LogP contribution in [0.4, 0.5) is 23.0 Å². The van der Waals surface area contributed by atoms with Crippen LogP contribution in [0, 0.1) is 13.8 Å². The second-order valence-corrected chi connectivity index (χ2v) is 11.9. The van der Waals surface area contributed by atoms with Gasteiger partial charge in [0.05, 0.1) is 45.8 Å². The summed E-state index contributed by atoms with van der Waals surface area (Å²) in [7, 11) is 0. The summed E-state index contributed by atoms with van der Waals surface area (Å²) in [5.74, 6) is -0.620. The molecule has 0 radical (unpaired) electrons. The Morgan fingerprint density at radius 3 is 1.34 bits per heavy atom. The number of hydrogen-bond donors (Lipinski definition) is 0. The van der Waals surface area contributed by atoms with Gasteiger partial charge in [-0.25, -0.2) is 29.5 Å². The Labute approximate surface area is 315 Å². The molecule has 0 bridgehead atoms. The molecule has 6 rings (SSSR count). The minimum atomic E-state index is -0.508. The maximum Gasteiger partial charge on any atom is 2.00 e. The number of pyridine rings is 4. The third-order valence-electron chi connectivity index (χ3n) is 7.17. The molecule has 2 aromatic carbocycles. The summed E-state index contributed by atoms with van der Waals surface area (Å²) in [4.78, 5) is 41.4. The van der Waals surface area contributed by atoms with Gasteiger partial charge in [0.25, 0.3) is 0 Å². The van der Waals surface area contributed by atoms with Crippen LogP contribution in [0.2, 0.25) is 0 Å². The summed E-state index contributed by atoms with van der Waals surface area (Å²) in [6, 6.07) is 19.5. The molecule has 0 saturated heterocycles. The molecule has 4 heterocycles. The zero-order valence-corrected chi connectivity index (χ0v) is 30.6. The summed E-state index contributed by atoms with van der Waals surface area (Å²) in [6.45, 7) is 10.4. The van der Waals surface area contributed by atoms with E-state index in [1.807, 2.05) is 0 Å². The van der Waals surface area contributed by atoms with Gasteiger partial charge in [0.1, 0.15) is 11.4 Å². The molecular weight excluding hydrogens is 723 g/mol. The topological polar surface area (TPSA) is 200 Å². The molecule has 0 N–H and O–H groups in total. The fourth-order valence-corrected chi connectivity index (χ4v) is 4.79. The van der Waals surface area contributed by atoms with Gasteiger partial charge in [-0.1, -0.05) is 35.8 Å². The first-order chi connectivity index (χ1) is 24.9. The number of benzene rings is 2. The van der Waals surface area contributed by atoms with Crippen molar-refractivity contribution in [1.29, 1.82) is 0 Å². The maximum atomic E-state index is 12.2. The predicted molar refractivity (Wildman–Crippen MR) is 190 cm³/mol. The molecule has 14 nitrogen and oxygen atoms in total. The van der Waals surface area contributed by atoms with E-state index in [2.05, 4.69) is 40.4 Å². The molecule has 0 aliphatic carbocycles. The van der Waals surface area contributed by atoms with E-state index >= 15 is 0 Å². The molecule has 0 spiro atoms. The Balaban J connectivity index is 0.000000232. The summed E-state index contributed by atoms with van der Waals surface area (Å²) in [5.41, 5.74) is 3.08. The molecular formula is C38H34N8NiO6. The molecule has 0 aliphatic rings. The third-order valence-corrected chi connectivity index (χ3v) is 7.17. The number of esters is 2. The Morgan fingerprint density at radius 1 is 0.604 bits per heavy atom. The van der Waals surface area contributed by atoms with Crippen LogP contribution in [0.1, 0.15) is 59.8 Å². The number of hydrogen-bond acceptors (Lipinski definition) is 14. The zero-order chi connectivity index (χ0) is 37.4. The molecule has 4 aromatic heterocycles. The molecule has 0 fully saturated rings. The summed E-state index contributed by atoms with van der Waals surface area (Å²) in [5, 5.41) is 41.5. The smallest absolute Gasteiger partial charge is 0.872 e. The van der Waals surface area contributed by atoms with E-state index in [0.717, 1.165) is 0 Å². The number of rotatable bonds is 8. The van der Waals surface area contributed by atoms with Crippen LogP contribution in [-0.2, 0) is 26.0 Å². The molecule has 0 unspecified atom stereocenters. The first kappa shape index (κ1) is 39.6. The molecule has 0 amide bonds. The van der Waals surface area contributed by atoms with Crippen molar-refractivity contribution in [2.45, 2.75) is 53.8 Å². The number of nitrogens with zero attached hydrogens (tertiary/aromatic N) is 8. The minimum Gasteiger partial charge on any atom is -0.872 e. The average Bonchev–Trinajstić information content (AvgIpc) is 3.11. The Hall–Kier alpha value is -6.21. The number of aryl methyl sites for hydroxylation is 2. The Bertz CT molecular complexity index is 2140. The zero-order valence-electron chi connectivity index (χ0n) is 29.6. The van der Waals surface area contributed by atoms with Crippen LogP contribution < -0.4 is 10.2 Å². The standard InChI is InChI=1S/2C19H18N4O3.Ni/c2*1-11(2)26-19(25)13-10-14-16(24)8-7-15(18(14)21-12(13)3)22-23-17-6-4-5-9-20-17;/h2*4-11,24H,1-3H3;/q;;+2/p-2. The Kier molecular flexibility index (Phi) is 13.3. The van der Waals surface area contributed by atoms with Gasteiger partial charge in [-0.05, 0) is 101 Å². The van der Waals surface area contributed by atoms with Crippen molar-refractivity contribution in [3.05, 3.63) is 108 Å². The van der Waals surface area contributed by atoms with E-state index < -0.39 is 11.9 Å². The van der Waals surface area contributed by atoms with Gasteiger partial charge >= 0.3 is 28.4 Å². The third kappa shape index (κ3) is 9.98. The SMILES string of the molecule is Cc1nc2c(N=Nc3ccccn3)ccc([O-])c2cc1C(=O)OC(C)C.Cc1nc2c(N=Nc3ccccn3)ccc([O-])c2cc1C(=O)OC(C)C.[Ni+2]. The minimum absolute atomic E-state index is 0. The quantitative estimate of drug-likeness (QED) is 0.0833. The van der Waals surface area contributed by atoms with Crippen molar-refractivity contribution >= 4 is 56.8 Å². The summed E-state index contributed by atoms with van der Waals surface area (Å²) >= 11 is 0. The van der Waals surface area contributed by atoms with Crippen molar-refractivity contribution in [2.24, 2.45) is 20.5 Å². The molecule has 0 aliphatic heterocycles. The molecule has 6 aromatic rings. The van der Waals surface area contributed by atoms with Crippen molar-refractivity contribution in [3.8, 4) is 11.5 Å². The average molecular weight is 757 g/mol. The van der Waals surface area contributed by atoms with Gasteiger partial charge in [0.2, 0.25) is 0 Å². The van der Waals surface area contributed by atoms with Crippen LogP contribution in [0.25, 0.3) is 21.8 Å². The van der Waals surface area contributed by atoms with E-state index in [9.17, 15) is 19.8 Å². The maximum absolute atomic E-state index is 12.2. The number of fused-ring (bicyclic) bond motifs is 2. The number of azo groups is 2. The van der Waals surface area contributed by atoms with E-state index in [4.69, 9.17) is 9.47 Å². The van der Waals surface area contributed by atoms with E-state index in [1.54, 1.807) is 102 Å². The monoisotopic (exact) mass is 756 g/mol. The van der Waals surface area contributed by atoms with Crippen LogP contribution in [0.5, 0.6) is 11.5 Å². The number of ether oxygens (including phenoxy) is 2. The van der Waals surface area contributed by atoms with Crippen molar-refractivity contribution < 1.29 is 45.8 Å². The first-order valence-corrected chi connectivity index (χ1v) is 16.2. The van der Waals surface area contributed by atoms with Gasteiger partial charge in [-0.2, -0.15) is 0 Å². The van der Waals surface area contributed by atoms with Crippen molar-refractivity contribution in [3.63, 3.8) is 0 Å². The van der Waals surface area contributed by atoms with E-state index in [-0.39, 0.29) is 51.3 Å². The summed E-state index contributed by atoms with van der Waals surface area (Å²) < 4.78 is 10.4. The fraction of sp³-hybridized carbons (Fsp3) is 0.211. The van der Waals surface area contributed by atoms with E-state index in [0.29, 0.717) is 56.2 Å². The van der Waals surface area contributed by atoms with Crippen LogP contribution >= 0.6 is 0 Å². The van der Waals surface area contributed by atoms with Gasteiger partial charge < -0.3 is 19.7 Å². The summed E-state index contributed by atoms with van der Waals surface area (Å²) in [6.07, 6.45) is 2.70. The molecule has 15 heteroatoms. The predicted octanol–water partition coefficient (Wildman–Crippen LogP) is 7.98.